The lowest BCUT2D eigenvalue weighted by Gasteiger charge is -2.07. The summed E-state index contributed by atoms with van der Waals surface area (Å²) >= 11 is 5.32. The predicted octanol–water partition coefficient (Wildman–Crippen LogP) is 4.17. The SMILES string of the molecule is Cc1ccc(C)n1CCc1ccc(Br)s1. The van der Waals surface area contributed by atoms with Gasteiger partial charge < -0.3 is 4.57 Å². The summed E-state index contributed by atoms with van der Waals surface area (Å²) < 4.78 is 3.59. The molecule has 0 radical (unpaired) electrons. The second-order valence-corrected chi connectivity index (χ2v) is 6.27. The van der Waals surface area contributed by atoms with E-state index in [0.717, 1.165) is 13.0 Å². The van der Waals surface area contributed by atoms with Crippen molar-refractivity contribution in [3.05, 3.63) is 44.3 Å². The first-order valence-corrected chi connectivity index (χ1v) is 6.65. The molecular formula is C12H14BrNS. The lowest BCUT2D eigenvalue weighted by atomic mass is 10.3. The van der Waals surface area contributed by atoms with Gasteiger partial charge in [0.15, 0.2) is 0 Å². The van der Waals surface area contributed by atoms with Gasteiger partial charge in [0.2, 0.25) is 0 Å². The molecule has 0 N–H and O–H groups in total. The van der Waals surface area contributed by atoms with Crippen LogP contribution in [0, 0.1) is 13.8 Å². The Kier molecular flexibility index (Phi) is 3.32. The van der Waals surface area contributed by atoms with Crippen molar-refractivity contribution in [3.63, 3.8) is 0 Å². The van der Waals surface area contributed by atoms with Gasteiger partial charge in [0.05, 0.1) is 3.79 Å². The molecule has 0 spiro atoms. The van der Waals surface area contributed by atoms with Crippen LogP contribution in [0.3, 0.4) is 0 Å². The van der Waals surface area contributed by atoms with Crippen LogP contribution in [0.15, 0.2) is 28.1 Å². The van der Waals surface area contributed by atoms with Gasteiger partial charge in [-0.3, -0.25) is 0 Å². The van der Waals surface area contributed by atoms with Crippen LogP contribution in [-0.2, 0) is 13.0 Å². The number of thiophene rings is 1. The molecule has 0 atom stereocenters. The van der Waals surface area contributed by atoms with E-state index in [9.17, 15) is 0 Å². The van der Waals surface area contributed by atoms with E-state index in [-0.39, 0.29) is 0 Å². The average molecular weight is 284 g/mol. The number of halogens is 1. The minimum atomic E-state index is 1.08. The Bertz CT molecular complexity index is 436. The third-order valence-electron chi connectivity index (χ3n) is 2.63. The molecule has 0 aromatic carbocycles. The smallest absolute Gasteiger partial charge is 0.0701 e. The van der Waals surface area contributed by atoms with Crippen molar-refractivity contribution in [2.45, 2.75) is 26.8 Å². The van der Waals surface area contributed by atoms with Crippen molar-refractivity contribution < 1.29 is 0 Å². The summed E-state index contributed by atoms with van der Waals surface area (Å²) in [5, 5.41) is 0. The zero-order chi connectivity index (χ0) is 10.8. The summed E-state index contributed by atoms with van der Waals surface area (Å²) in [5.74, 6) is 0. The van der Waals surface area contributed by atoms with Gasteiger partial charge in [-0.05, 0) is 60.5 Å². The fraction of sp³-hybridized carbons (Fsp3) is 0.333. The van der Waals surface area contributed by atoms with Gasteiger partial charge in [0.25, 0.3) is 0 Å². The van der Waals surface area contributed by atoms with E-state index >= 15 is 0 Å². The maximum absolute atomic E-state index is 3.49. The van der Waals surface area contributed by atoms with E-state index in [1.54, 1.807) is 0 Å². The van der Waals surface area contributed by atoms with E-state index < -0.39 is 0 Å². The largest absolute Gasteiger partial charge is 0.349 e. The van der Waals surface area contributed by atoms with Gasteiger partial charge >= 0.3 is 0 Å². The molecule has 0 bridgehead atoms. The highest BCUT2D eigenvalue weighted by atomic mass is 79.9. The highest BCUT2D eigenvalue weighted by Gasteiger charge is 2.02. The van der Waals surface area contributed by atoms with Gasteiger partial charge in [-0.2, -0.15) is 0 Å². The van der Waals surface area contributed by atoms with Crippen molar-refractivity contribution in [2.75, 3.05) is 0 Å². The first kappa shape index (κ1) is 11.0. The van der Waals surface area contributed by atoms with E-state index in [1.807, 2.05) is 11.3 Å². The molecule has 3 heteroatoms. The Morgan fingerprint density at radius 2 is 1.80 bits per heavy atom. The monoisotopic (exact) mass is 283 g/mol. The number of hydrogen-bond donors (Lipinski definition) is 0. The fourth-order valence-corrected chi connectivity index (χ4v) is 3.23. The molecule has 2 aromatic heterocycles. The summed E-state index contributed by atoms with van der Waals surface area (Å²) in [5.41, 5.74) is 2.70. The quantitative estimate of drug-likeness (QED) is 0.797. The molecule has 0 aliphatic rings. The number of nitrogens with zero attached hydrogens (tertiary/aromatic N) is 1. The van der Waals surface area contributed by atoms with Gasteiger partial charge in [-0.25, -0.2) is 0 Å². The molecule has 0 aliphatic heterocycles. The fourth-order valence-electron chi connectivity index (χ4n) is 1.76. The molecule has 2 rings (SSSR count). The van der Waals surface area contributed by atoms with Crippen molar-refractivity contribution in [2.24, 2.45) is 0 Å². The van der Waals surface area contributed by atoms with Crippen LogP contribution >= 0.6 is 27.3 Å². The van der Waals surface area contributed by atoms with Crippen molar-refractivity contribution in [3.8, 4) is 0 Å². The van der Waals surface area contributed by atoms with Crippen molar-refractivity contribution in [1.82, 2.24) is 4.57 Å². The minimum absolute atomic E-state index is 1.08. The Labute approximate surface area is 103 Å². The van der Waals surface area contributed by atoms with Crippen molar-refractivity contribution in [1.29, 1.82) is 0 Å². The van der Waals surface area contributed by atoms with E-state index in [2.05, 4.69) is 58.6 Å². The van der Waals surface area contributed by atoms with Crippen LogP contribution in [0.25, 0.3) is 0 Å². The number of rotatable bonds is 3. The standard InChI is InChI=1S/C12H14BrNS/c1-9-3-4-10(2)14(9)8-7-11-5-6-12(13)15-11/h3-6H,7-8H2,1-2H3. The molecule has 0 saturated carbocycles. The second-order valence-electron chi connectivity index (χ2n) is 3.72. The molecule has 0 unspecified atom stereocenters. The normalized spacial score (nSPS) is 10.9. The Morgan fingerprint density at radius 1 is 1.13 bits per heavy atom. The van der Waals surface area contributed by atoms with E-state index in [0.29, 0.717) is 0 Å². The molecule has 0 aliphatic carbocycles. The van der Waals surface area contributed by atoms with Crippen LogP contribution in [0.2, 0.25) is 0 Å². The number of hydrogen-bond acceptors (Lipinski definition) is 1. The lowest BCUT2D eigenvalue weighted by molar-refractivity contribution is 0.668. The first-order valence-electron chi connectivity index (χ1n) is 5.04. The Balaban J connectivity index is 2.05. The summed E-state index contributed by atoms with van der Waals surface area (Å²) in [6, 6.07) is 8.68. The molecule has 80 valence electrons. The molecule has 1 nitrogen and oxygen atoms in total. The van der Waals surface area contributed by atoms with Gasteiger partial charge in [-0.15, -0.1) is 11.3 Å². The molecule has 0 amide bonds. The maximum Gasteiger partial charge on any atom is 0.0701 e. The Hall–Kier alpha value is -0.540. The van der Waals surface area contributed by atoms with Crippen LogP contribution in [0.5, 0.6) is 0 Å². The van der Waals surface area contributed by atoms with Crippen LogP contribution < -0.4 is 0 Å². The maximum atomic E-state index is 3.49. The van der Waals surface area contributed by atoms with E-state index in [4.69, 9.17) is 0 Å². The summed E-state index contributed by atoms with van der Waals surface area (Å²) in [7, 11) is 0. The lowest BCUT2D eigenvalue weighted by Crippen LogP contribution is -2.03. The van der Waals surface area contributed by atoms with Gasteiger partial charge in [0.1, 0.15) is 0 Å². The van der Waals surface area contributed by atoms with Gasteiger partial charge in [-0.1, -0.05) is 0 Å². The molecular weight excluding hydrogens is 270 g/mol. The van der Waals surface area contributed by atoms with Crippen molar-refractivity contribution >= 4 is 27.3 Å². The predicted molar refractivity (Wildman–Crippen MR) is 69.6 cm³/mol. The topological polar surface area (TPSA) is 4.93 Å². The molecule has 0 fully saturated rings. The minimum Gasteiger partial charge on any atom is -0.349 e. The van der Waals surface area contributed by atoms with Crippen LogP contribution in [0.4, 0.5) is 0 Å². The zero-order valence-corrected chi connectivity index (χ0v) is 11.4. The summed E-state index contributed by atoms with van der Waals surface area (Å²) in [6.07, 6.45) is 1.12. The van der Waals surface area contributed by atoms with Crippen LogP contribution in [0.1, 0.15) is 16.3 Å². The van der Waals surface area contributed by atoms with Crippen LogP contribution in [-0.4, -0.2) is 4.57 Å². The number of aromatic nitrogens is 1. The molecule has 2 aromatic rings. The highest BCUT2D eigenvalue weighted by molar-refractivity contribution is 9.11. The first-order chi connectivity index (χ1) is 7.16. The number of aryl methyl sites for hydroxylation is 3. The summed E-state index contributed by atoms with van der Waals surface area (Å²) in [4.78, 5) is 1.44. The third kappa shape index (κ3) is 2.52. The Morgan fingerprint density at radius 3 is 2.33 bits per heavy atom. The molecule has 0 saturated heterocycles. The zero-order valence-electron chi connectivity index (χ0n) is 8.96. The third-order valence-corrected chi connectivity index (χ3v) is 4.31. The molecule has 2 heterocycles. The second kappa shape index (κ2) is 4.54. The van der Waals surface area contributed by atoms with E-state index in [1.165, 1.54) is 20.1 Å². The van der Waals surface area contributed by atoms with Gasteiger partial charge in [0, 0.05) is 22.8 Å². The highest BCUT2D eigenvalue weighted by Crippen LogP contribution is 2.23. The molecule has 15 heavy (non-hydrogen) atoms. The average Bonchev–Trinajstić information content (AvgIpc) is 2.73. The summed E-state index contributed by atoms with van der Waals surface area (Å²) in [6.45, 7) is 5.41.